The van der Waals surface area contributed by atoms with Gasteiger partial charge < -0.3 is 20.4 Å². The zero-order valence-electron chi connectivity index (χ0n) is 15.4. The Labute approximate surface area is 144 Å². The van der Waals surface area contributed by atoms with E-state index in [1.807, 2.05) is 58.9 Å². The lowest BCUT2D eigenvalue weighted by atomic mass is 9.77. The largest absolute Gasteiger partial charge is 0.492 e. The summed E-state index contributed by atoms with van der Waals surface area (Å²) in [6.45, 7) is 11.8. The number of hydrogen-bond donors (Lipinski definition) is 2. The number of nitrogens with one attached hydrogen (secondary N) is 1. The molecule has 1 aromatic carbocycles. The van der Waals surface area contributed by atoms with Gasteiger partial charge in [-0.25, -0.2) is 0 Å². The van der Waals surface area contributed by atoms with Crippen molar-refractivity contribution in [3.05, 3.63) is 34.8 Å². The molecule has 0 spiro atoms. The first-order valence-corrected chi connectivity index (χ1v) is 8.18. The minimum atomic E-state index is -0.510. The van der Waals surface area contributed by atoms with Gasteiger partial charge in [-0.05, 0) is 57.3 Å². The molecule has 0 unspecified atom stereocenters. The lowest BCUT2D eigenvalue weighted by molar-refractivity contribution is -0.118. The molecule has 1 heterocycles. The fraction of sp³-hybridized carbons (Fsp3) is 0.500. The Bertz CT molecular complexity index is 652. The molecule has 2 rings (SSSR count). The van der Waals surface area contributed by atoms with E-state index in [-0.39, 0.29) is 5.91 Å². The van der Waals surface area contributed by atoms with Crippen LogP contribution in [0, 0.1) is 6.92 Å². The first-order valence-electron chi connectivity index (χ1n) is 8.18. The van der Waals surface area contributed by atoms with E-state index >= 15 is 0 Å². The Morgan fingerprint density at radius 3 is 2.33 bits per heavy atom. The lowest BCUT2D eigenvalue weighted by Crippen LogP contribution is -2.41. The number of aryl methyl sites for hydroxylation is 1. The van der Waals surface area contributed by atoms with Crippen LogP contribution >= 0.6 is 0 Å². The normalized spacial score (nSPS) is 19.4. The minimum Gasteiger partial charge on any atom is -0.400 e. The summed E-state index contributed by atoms with van der Waals surface area (Å²) >= 11 is 0. The number of nitrogens with two attached hydrogens (primary N) is 1. The van der Waals surface area contributed by atoms with Crippen molar-refractivity contribution in [2.45, 2.75) is 52.7 Å². The zero-order valence-corrected chi connectivity index (χ0v) is 15.4. The molecule has 0 radical (unpaired) electrons. The summed E-state index contributed by atoms with van der Waals surface area (Å²) in [4.78, 5) is 11.3. The third kappa shape index (κ3) is 4.00. The molecule has 1 aliphatic heterocycles. The minimum absolute atomic E-state index is 0.0964. The molecule has 0 atom stereocenters. The van der Waals surface area contributed by atoms with E-state index in [2.05, 4.69) is 5.32 Å². The van der Waals surface area contributed by atoms with Crippen LogP contribution in [0.1, 0.15) is 45.7 Å². The molecule has 130 valence electrons. The van der Waals surface area contributed by atoms with E-state index in [1.54, 1.807) is 0 Å². The molecule has 6 heteroatoms. The van der Waals surface area contributed by atoms with Crippen molar-refractivity contribution in [1.82, 2.24) is 5.32 Å². The quantitative estimate of drug-likeness (QED) is 0.658. The Balaban J connectivity index is 2.33. The molecule has 0 aromatic heterocycles. The Hall–Kier alpha value is -1.79. The summed E-state index contributed by atoms with van der Waals surface area (Å²) in [7, 11) is -0.510. The van der Waals surface area contributed by atoms with Crippen molar-refractivity contribution in [2.75, 3.05) is 12.3 Å². The first-order chi connectivity index (χ1) is 11.0. The average Bonchev–Trinajstić information content (AvgIpc) is 2.67. The number of amides is 1. The van der Waals surface area contributed by atoms with Gasteiger partial charge in [0.2, 0.25) is 5.91 Å². The fourth-order valence-corrected chi connectivity index (χ4v) is 2.39. The van der Waals surface area contributed by atoms with Gasteiger partial charge in [0.15, 0.2) is 0 Å². The average molecular weight is 330 g/mol. The standard InChI is InChI=1S/C18H27BN2O3/c1-12-7-8-14(10-16(12)20)9-15(11-21-13(2)22)19-23-17(3,4)18(5,6)24-19/h7-10H,11,20H2,1-6H3,(H,21,22). The highest BCUT2D eigenvalue weighted by Crippen LogP contribution is 2.38. The van der Waals surface area contributed by atoms with Crippen LogP contribution in [0.25, 0.3) is 6.08 Å². The summed E-state index contributed by atoms with van der Waals surface area (Å²) in [5, 5.41) is 2.82. The number of nitrogen functional groups attached to an aromatic ring is 1. The molecular weight excluding hydrogens is 303 g/mol. The zero-order chi connectivity index (χ0) is 18.1. The fourth-order valence-electron chi connectivity index (χ4n) is 2.39. The second kappa shape index (κ2) is 6.61. The van der Waals surface area contributed by atoms with Gasteiger partial charge >= 0.3 is 7.12 Å². The molecule has 1 fully saturated rings. The number of carbonyl (C=O) groups is 1. The Morgan fingerprint density at radius 2 is 1.83 bits per heavy atom. The molecule has 1 amide bonds. The van der Waals surface area contributed by atoms with Crippen LogP contribution in [0.2, 0.25) is 0 Å². The Morgan fingerprint density at radius 1 is 1.25 bits per heavy atom. The van der Waals surface area contributed by atoms with Gasteiger partial charge in [0.25, 0.3) is 0 Å². The van der Waals surface area contributed by atoms with Gasteiger partial charge in [-0.3, -0.25) is 4.79 Å². The molecule has 0 aliphatic carbocycles. The summed E-state index contributed by atoms with van der Waals surface area (Å²) < 4.78 is 12.2. The van der Waals surface area contributed by atoms with E-state index in [0.717, 1.165) is 22.3 Å². The molecule has 0 bridgehead atoms. The molecular formula is C18H27BN2O3. The number of anilines is 1. The van der Waals surface area contributed by atoms with Gasteiger partial charge in [-0.15, -0.1) is 0 Å². The number of carbonyl (C=O) groups excluding carboxylic acids is 1. The maximum atomic E-state index is 11.3. The maximum absolute atomic E-state index is 11.3. The van der Waals surface area contributed by atoms with Crippen LogP contribution in [0.4, 0.5) is 5.69 Å². The summed E-state index contributed by atoms with van der Waals surface area (Å²) in [5.74, 6) is -0.0964. The van der Waals surface area contributed by atoms with Gasteiger partial charge in [0, 0.05) is 19.2 Å². The monoisotopic (exact) mass is 330 g/mol. The van der Waals surface area contributed by atoms with Gasteiger partial charge in [-0.2, -0.15) is 0 Å². The van der Waals surface area contributed by atoms with Crippen LogP contribution in [0.3, 0.4) is 0 Å². The summed E-state index contributed by atoms with van der Waals surface area (Å²) in [6.07, 6.45) is 1.97. The van der Waals surface area contributed by atoms with E-state index in [1.165, 1.54) is 6.92 Å². The first kappa shape index (κ1) is 18.6. The van der Waals surface area contributed by atoms with E-state index in [0.29, 0.717) is 6.54 Å². The molecule has 1 aliphatic rings. The maximum Gasteiger partial charge on any atom is 0.492 e. The highest BCUT2D eigenvalue weighted by molar-refractivity contribution is 6.56. The third-order valence-electron chi connectivity index (χ3n) is 4.75. The third-order valence-corrected chi connectivity index (χ3v) is 4.75. The number of hydrogen-bond acceptors (Lipinski definition) is 4. The second-order valence-corrected chi connectivity index (χ2v) is 7.33. The summed E-state index contributed by atoms with van der Waals surface area (Å²) in [5.41, 5.74) is 8.71. The van der Waals surface area contributed by atoms with E-state index < -0.39 is 18.3 Å². The van der Waals surface area contributed by atoms with E-state index in [4.69, 9.17) is 15.0 Å². The van der Waals surface area contributed by atoms with Crippen molar-refractivity contribution < 1.29 is 14.1 Å². The smallest absolute Gasteiger partial charge is 0.400 e. The molecule has 1 aromatic rings. The van der Waals surface area contributed by atoms with Gasteiger partial charge in [0.1, 0.15) is 0 Å². The molecule has 1 saturated heterocycles. The van der Waals surface area contributed by atoms with E-state index in [9.17, 15) is 4.79 Å². The molecule has 24 heavy (non-hydrogen) atoms. The van der Waals surface area contributed by atoms with Crippen LogP contribution in [0.15, 0.2) is 23.7 Å². The topological polar surface area (TPSA) is 73.6 Å². The Kier molecular flexibility index (Phi) is 5.11. The lowest BCUT2D eigenvalue weighted by Gasteiger charge is -2.32. The van der Waals surface area contributed by atoms with Gasteiger partial charge in [-0.1, -0.05) is 18.2 Å². The van der Waals surface area contributed by atoms with Crippen LogP contribution in [-0.4, -0.2) is 30.8 Å². The van der Waals surface area contributed by atoms with Crippen LogP contribution < -0.4 is 11.1 Å². The predicted octanol–water partition coefficient (Wildman–Crippen LogP) is 2.73. The molecule has 5 nitrogen and oxygen atoms in total. The highest BCUT2D eigenvalue weighted by atomic mass is 16.7. The number of benzene rings is 1. The van der Waals surface area contributed by atoms with Gasteiger partial charge in [0.05, 0.1) is 11.2 Å². The van der Waals surface area contributed by atoms with Crippen molar-refractivity contribution in [3.8, 4) is 0 Å². The SMILES string of the molecule is CC(=O)NCC(=Cc1ccc(C)c(N)c1)B1OC(C)(C)C(C)(C)O1. The molecule has 3 N–H and O–H groups in total. The van der Waals surface area contributed by atoms with Crippen molar-refractivity contribution in [3.63, 3.8) is 0 Å². The van der Waals surface area contributed by atoms with Crippen LogP contribution in [-0.2, 0) is 14.1 Å². The predicted molar refractivity (Wildman–Crippen MR) is 98.3 cm³/mol. The van der Waals surface area contributed by atoms with Crippen molar-refractivity contribution in [1.29, 1.82) is 0 Å². The van der Waals surface area contributed by atoms with Crippen molar-refractivity contribution >= 4 is 24.8 Å². The molecule has 0 saturated carbocycles. The summed E-state index contributed by atoms with van der Waals surface area (Å²) in [6, 6.07) is 5.88. The second-order valence-electron chi connectivity index (χ2n) is 7.33. The van der Waals surface area contributed by atoms with Crippen LogP contribution in [0.5, 0.6) is 0 Å². The highest BCUT2D eigenvalue weighted by Gasteiger charge is 2.52. The van der Waals surface area contributed by atoms with Crippen molar-refractivity contribution in [2.24, 2.45) is 0 Å². The number of rotatable bonds is 4.